The lowest BCUT2D eigenvalue weighted by Crippen LogP contribution is -2.05. The lowest BCUT2D eigenvalue weighted by molar-refractivity contribution is 0.191. The zero-order chi connectivity index (χ0) is 14.5. The Balaban J connectivity index is 2.39. The zero-order valence-corrected chi connectivity index (χ0v) is 12.5. The summed E-state index contributed by atoms with van der Waals surface area (Å²) in [5, 5.41) is 8.99. The molecule has 0 radical (unpaired) electrons. The van der Waals surface area contributed by atoms with E-state index in [2.05, 4.69) is 15.6 Å². The van der Waals surface area contributed by atoms with Crippen LogP contribution in [0.1, 0.15) is 36.5 Å². The van der Waals surface area contributed by atoms with Gasteiger partial charge in [0, 0.05) is 20.3 Å². The van der Waals surface area contributed by atoms with E-state index in [0.29, 0.717) is 5.56 Å². The van der Waals surface area contributed by atoms with Crippen LogP contribution in [0.3, 0.4) is 0 Å². The number of para-hydroxylation sites is 1. The van der Waals surface area contributed by atoms with E-state index < -0.39 is 0 Å². The van der Waals surface area contributed by atoms with Crippen LogP contribution < -0.4 is 0 Å². The second kappa shape index (κ2) is 6.74. The second-order valence-electron chi connectivity index (χ2n) is 4.72. The molecule has 0 saturated heterocycles. The molecule has 0 aliphatic rings. The highest BCUT2D eigenvalue weighted by atomic mass is 35.5. The number of fused-ring (bicyclic) bond motifs is 1. The molecule has 1 atom stereocenters. The number of hydrogen-bond donors (Lipinski definition) is 0. The predicted octanol–water partition coefficient (Wildman–Crippen LogP) is 3.63. The summed E-state index contributed by atoms with van der Waals surface area (Å²) >= 11 is 6.22. The number of imidazole rings is 1. The van der Waals surface area contributed by atoms with Gasteiger partial charge >= 0.3 is 0 Å². The van der Waals surface area contributed by atoms with Crippen LogP contribution in [0.4, 0.5) is 0 Å². The summed E-state index contributed by atoms with van der Waals surface area (Å²) in [5.41, 5.74) is 2.31. The first kappa shape index (κ1) is 14.8. The number of unbranched alkanes of at least 4 members (excludes halogenated alkanes) is 1. The minimum Gasteiger partial charge on any atom is -0.385 e. The smallest absolute Gasteiger partial charge is 0.127 e. The second-order valence-corrected chi connectivity index (χ2v) is 5.38. The first-order valence-electron chi connectivity index (χ1n) is 6.71. The minimum absolute atomic E-state index is 0.184. The number of alkyl halides is 1. The van der Waals surface area contributed by atoms with E-state index >= 15 is 0 Å². The van der Waals surface area contributed by atoms with Gasteiger partial charge in [-0.25, -0.2) is 4.98 Å². The number of aryl methyl sites for hydroxylation is 1. The predicted molar refractivity (Wildman–Crippen MR) is 79.8 cm³/mol. The largest absolute Gasteiger partial charge is 0.385 e. The average Bonchev–Trinajstić information content (AvgIpc) is 2.82. The highest BCUT2D eigenvalue weighted by Crippen LogP contribution is 2.26. The molecule has 2 aromatic rings. The first-order chi connectivity index (χ1) is 9.69. The van der Waals surface area contributed by atoms with Gasteiger partial charge in [-0.3, -0.25) is 0 Å². The molecule has 5 heteroatoms. The van der Waals surface area contributed by atoms with E-state index in [1.807, 2.05) is 19.1 Å². The van der Waals surface area contributed by atoms with Gasteiger partial charge in [-0.2, -0.15) is 5.26 Å². The summed E-state index contributed by atoms with van der Waals surface area (Å²) in [7, 11) is 1.71. The Labute approximate surface area is 123 Å². The van der Waals surface area contributed by atoms with Crippen LogP contribution in [0, 0.1) is 11.3 Å². The molecule has 0 fully saturated rings. The molecule has 0 spiro atoms. The number of methoxy groups -OCH3 is 1. The summed E-state index contributed by atoms with van der Waals surface area (Å²) in [4.78, 5) is 4.56. The van der Waals surface area contributed by atoms with Gasteiger partial charge in [0.05, 0.1) is 16.5 Å². The number of benzene rings is 1. The third-order valence-electron chi connectivity index (χ3n) is 3.26. The molecule has 1 aromatic heterocycles. The number of rotatable bonds is 6. The highest BCUT2D eigenvalue weighted by Gasteiger charge is 2.16. The van der Waals surface area contributed by atoms with Crippen LogP contribution in [-0.4, -0.2) is 23.3 Å². The molecular weight excluding hydrogens is 274 g/mol. The lowest BCUT2D eigenvalue weighted by atomic mass is 10.2. The number of aromatic nitrogens is 2. The van der Waals surface area contributed by atoms with E-state index in [4.69, 9.17) is 16.3 Å². The van der Waals surface area contributed by atoms with Crippen molar-refractivity contribution in [1.29, 1.82) is 5.26 Å². The normalized spacial score (nSPS) is 12.5. The van der Waals surface area contributed by atoms with Crippen LogP contribution in [-0.2, 0) is 11.3 Å². The van der Waals surface area contributed by atoms with Crippen molar-refractivity contribution >= 4 is 22.6 Å². The van der Waals surface area contributed by atoms with E-state index in [-0.39, 0.29) is 5.38 Å². The Morgan fingerprint density at radius 3 is 2.90 bits per heavy atom. The van der Waals surface area contributed by atoms with Crippen LogP contribution in [0.25, 0.3) is 11.0 Å². The number of halogens is 1. The van der Waals surface area contributed by atoms with Crippen LogP contribution in [0.2, 0.25) is 0 Å². The summed E-state index contributed by atoms with van der Waals surface area (Å²) < 4.78 is 7.18. The molecule has 0 saturated carbocycles. The van der Waals surface area contributed by atoms with Crippen LogP contribution in [0.15, 0.2) is 18.2 Å². The Morgan fingerprint density at radius 2 is 2.25 bits per heavy atom. The van der Waals surface area contributed by atoms with Crippen molar-refractivity contribution in [2.45, 2.75) is 31.7 Å². The summed E-state index contributed by atoms with van der Waals surface area (Å²) in [5.74, 6) is 0.821. The SMILES string of the molecule is COCCCCn1c(C(C)Cl)nc2c(C#N)cccc21. The molecular formula is C15H18ClN3O. The van der Waals surface area contributed by atoms with Gasteiger partial charge in [0.2, 0.25) is 0 Å². The van der Waals surface area contributed by atoms with E-state index in [1.54, 1.807) is 13.2 Å². The first-order valence-corrected chi connectivity index (χ1v) is 7.15. The molecule has 1 heterocycles. The monoisotopic (exact) mass is 291 g/mol. The van der Waals surface area contributed by atoms with E-state index in [1.165, 1.54) is 0 Å². The molecule has 20 heavy (non-hydrogen) atoms. The third-order valence-corrected chi connectivity index (χ3v) is 3.46. The fourth-order valence-electron chi connectivity index (χ4n) is 2.31. The minimum atomic E-state index is -0.184. The van der Waals surface area contributed by atoms with Crippen molar-refractivity contribution < 1.29 is 4.74 Å². The molecule has 0 N–H and O–H groups in total. The van der Waals surface area contributed by atoms with Gasteiger partial charge in [-0.05, 0) is 31.9 Å². The number of ether oxygens (including phenoxy) is 1. The van der Waals surface area contributed by atoms with Crippen molar-refractivity contribution in [3.8, 4) is 6.07 Å². The molecule has 4 nitrogen and oxygen atoms in total. The standard InChI is InChI=1S/C15H18ClN3O/c1-11(16)15-18-14-12(10-17)6-5-7-13(14)19(15)8-3-4-9-20-2/h5-7,11H,3-4,8-9H2,1-2H3. The molecule has 0 aliphatic heterocycles. The summed E-state index contributed by atoms with van der Waals surface area (Å²) in [6, 6.07) is 7.85. The highest BCUT2D eigenvalue weighted by molar-refractivity contribution is 6.20. The van der Waals surface area contributed by atoms with Gasteiger partial charge in [0.25, 0.3) is 0 Å². The summed E-state index contributed by atoms with van der Waals surface area (Å²) in [6.07, 6.45) is 1.98. The molecule has 2 rings (SSSR count). The van der Waals surface area contributed by atoms with E-state index in [9.17, 15) is 5.26 Å². The van der Waals surface area contributed by atoms with Gasteiger partial charge in [0.15, 0.2) is 0 Å². The number of nitriles is 1. The molecule has 0 aliphatic carbocycles. The van der Waals surface area contributed by atoms with Gasteiger partial charge in [-0.1, -0.05) is 6.07 Å². The van der Waals surface area contributed by atoms with Gasteiger partial charge in [-0.15, -0.1) is 11.6 Å². The fourth-order valence-corrected chi connectivity index (χ4v) is 2.48. The average molecular weight is 292 g/mol. The zero-order valence-electron chi connectivity index (χ0n) is 11.8. The Kier molecular flexibility index (Phi) is 4.99. The van der Waals surface area contributed by atoms with Crippen molar-refractivity contribution in [3.05, 3.63) is 29.6 Å². The van der Waals surface area contributed by atoms with Crippen molar-refractivity contribution in [2.75, 3.05) is 13.7 Å². The van der Waals surface area contributed by atoms with Gasteiger partial charge < -0.3 is 9.30 Å². The van der Waals surface area contributed by atoms with Crippen molar-refractivity contribution in [3.63, 3.8) is 0 Å². The quantitative estimate of drug-likeness (QED) is 0.603. The number of nitrogens with zero attached hydrogens (tertiary/aromatic N) is 3. The number of hydrogen-bond acceptors (Lipinski definition) is 3. The Bertz CT molecular complexity index is 628. The maximum atomic E-state index is 9.17. The maximum Gasteiger partial charge on any atom is 0.127 e. The maximum absolute atomic E-state index is 9.17. The Hall–Kier alpha value is -1.57. The molecule has 1 unspecified atom stereocenters. The molecule has 1 aromatic carbocycles. The molecule has 0 amide bonds. The van der Waals surface area contributed by atoms with E-state index in [0.717, 1.165) is 42.9 Å². The Morgan fingerprint density at radius 1 is 1.45 bits per heavy atom. The van der Waals surface area contributed by atoms with Crippen molar-refractivity contribution in [2.24, 2.45) is 0 Å². The summed E-state index contributed by atoms with van der Waals surface area (Å²) in [6.45, 7) is 3.49. The van der Waals surface area contributed by atoms with Crippen LogP contribution >= 0.6 is 11.6 Å². The lowest BCUT2D eigenvalue weighted by Gasteiger charge is -2.10. The third kappa shape index (κ3) is 2.95. The fraction of sp³-hybridized carbons (Fsp3) is 0.467. The topological polar surface area (TPSA) is 50.8 Å². The van der Waals surface area contributed by atoms with Crippen molar-refractivity contribution in [1.82, 2.24) is 9.55 Å². The van der Waals surface area contributed by atoms with Gasteiger partial charge in [0.1, 0.15) is 17.4 Å². The van der Waals surface area contributed by atoms with Crippen LogP contribution in [0.5, 0.6) is 0 Å². The molecule has 106 valence electrons. The molecule has 0 bridgehead atoms.